The van der Waals surface area contributed by atoms with Gasteiger partial charge in [-0.15, -0.1) is 22.7 Å². The molecule has 0 saturated carbocycles. The third-order valence-electron chi connectivity index (χ3n) is 3.61. The Kier molecular flexibility index (Phi) is 8.46. The number of amides is 1. The number of hydrogen-bond acceptors (Lipinski definition) is 9. The first-order chi connectivity index (χ1) is 13.3. The fraction of sp³-hybridized carbons (Fsp3) is 0.444. The van der Waals surface area contributed by atoms with Crippen LogP contribution in [0.2, 0.25) is 0 Å². The third-order valence-corrected chi connectivity index (χ3v) is 6.80. The molecule has 0 saturated heterocycles. The number of esters is 2. The van der Waals surface area contributed by atoms with E-state index in [1.807, 2.05) is 13.8 Å². The number of nitrogens with one attached hydrogen (secondary N) is 1. The number of hydrogen-bond donors (Lipinski definition) is 1. The summed E-state index contributed by atoms with van der Waals surface area (Å²) in [6, 6.07) is 0. The van der Waals surface area contributed by atoms with Crippen molar-refractivity contribution in [1.29, 1.82) is 0 Å². The fourth-order valence-electron chi connectivity index (χ4n) is 2.25. The van der Waals surface area contributed by atoms with Crippen LogP contribution in [0, 0.1) is 13.8 Å². The normalized spacial score (nSPS) is 10.6. The molecule has 0 aliphatic heterocycles. The summed E-state index contributed by atoms with van der Waals surface area (Å²) in [5.41, 5.74) is 1.85. The van der Waals surface area contributed by atoms with Gasteiger partial charge in [-0.3, -0.25) is 9.59 Å². The number of carbonyl (C=O) groups is 3. The van der Waals surface area contributed by atoms with Gasteiger partial charge < -0.3 is 14.8 Å². The smallest absolute Gasteiger partial charge is 0.341 e. The summed E-state index contributed by atoms with van der Waals surface area (Å²) in [6.07, 6.45) is 0.119. The molecule has 0 aliphatic carbocycles. The van der Waals surface area contributed by atoms with Crippen molar-refractivity contribution >= 4 is 57.3 Å². The number of thiophene rings is 1. The number of rotatable bonds is 9. The molecule has 0 aliphatic rings. The average Bonchev–Trinajstić information content (AvgIpc) is 3.18. The van der Waals surface area contributed by atoms with Gasteiger partial charge in [0.15, 0.2) is 4.34 Å². The van der Waals surface area contributed by atoms with Crippen LogP contribution in [0.25, 0.3) is 0 Å². The van der Waals surface area contributed by atoms with Gasteiger partial charge in [-0.1, -0.05) is 11.8 Å². The molecule has 152 valence electrons. The van der Waals surface area contributed by atoms with E-state index in [2.05, 4.69) is 10.3 Å². The number of thioether (sulfide) groups is 1. The second-order valence-electron chi connectivity index (χ2n) is 5.63. The molecule has 0 aromatic carbocycles. The van der Waals surface area contributed by atoms with Crippen LogP contribution in [-0.2, 0) is 25.5 Å². The first-order valence-electron chi connectivity index (χ1n) is 8.65. The van der Waals surface area contributed by atoms with Crippen molar-refractivity contribution in [1.82, 2.24) is 4.98 Å². The summed E-state index contributed by atoms with van der Waals surface area (Å²) in [6.45, 7) is 7.83. The number of ether oxygens (including phenoxy) is 2. The number of aryl methyl sites for hydroxylation is 1. The summed E-state index contributed by atoms with van der Waals surface area (Å²) in [5, 5.41) is 5.08. The molecule has 28 heavy (non-hydrogen) atoms. The van der Waals surface area contributed by atoms with E-state index in [-0.39, 0.29) is 30.7 Å². The lowest BCUT2D eigenvalue weighted by Gasteiger charge is -2.06. The Morgan fingerprint density at radius 3 is 2.57 bits per heavy atom. The minimum absolute atomic E-state index is 0.119. The van der Waals surface area contributed by atoms with Gasteiger partial charge >= 0.3 is 11.9 Å². The second-order valence-corrected chi connectivity index (χ2v) is 8.94. The summed E-state index contributed by atoms with van der Waals surface area (Å²) in [7, 11) is 0. The molecular weight excluding hydrogens is 420 g/mol. The molecule has 0 fully saturated rings. The SMILES string of the molecule is CCOC(=O)Cc1csc(SCC(=O)Nc2sc(C)c(C)c2C(=O)OCC)n1. The van der Waals surface area contributed by atoms with E-state index in [1.165, 1.54) is 34.4 Å². The van der Waals surface area contributed by atoms with Crippen LogP contribution in [-0.4, -0.2) is 41.8 Å². The third kappa shape index (κ3) is 6.05. The minimum atomic E-state index is -0.434. The lowest BCUT2D eigenvalue weighted by atomic mass is 10.1. The van der Waals surface area contributed by atoms with Crippen LogP contribution in [0.3, 0.4) is 0 Å². The first-order valence-corrected chi connectivity index (χ1v) is 11.3. The van der Waals surface area contributed by atoms with E-state index >= 15 is 0 Å². The van der Waals surface area contributed by atoms with Crippen LogP contribution in [0.5, 0.6) is 0 Å². The van der Waals surface area contributed by atoms with Gasteiger partial charge in [0.05, 0.1) is 36.6 Å². The van der Waals surface area contributed by atoms with E-state index in [0.29, 0.717) is 27.2 Å². The summed E-state index contributed by atoms with van der Waals surface area (Å²) in [4.78, 5) is 41.3. The van der Waals surface area contributed by atoms with Gasteiger partial charge in [0.25, 0.3) is 0 Å². The second kappa shape index (κ2) is 10.6. The van der Waals surface area contributed by atoms with Crippen molar-refractivity contribution in [2.24, 2.45) is 0 Å². The Balaban J connectivity index is 1.95. The largest absolute Gasteiger partial charge is 0.466 e. The molecule has 10 heteroatoms. The molecule has 0 bridgehead atoms. The molecule has 2 aromatic heterocycles. The number of nitrogens with zero attached hydrogens (tertiary/aromatic N) is 1. The molecule has 2 rings (SSSR count). The van der Waals surface area contributed by atoms with E-state index < -0.39 is 5.97 Å². The molecule has 1 N–H and O–H groups in total. The number of aromatic nitrogens is 1. The predicted molar refractivity (Wildman–Crippen MR) is 112 cm³/mol. The number of anilines is 1. The molecule has 2 aromatic rings. The Hall–Kier alpha value is -1.91. The maximum Gasteiger partial charge on any atom is 0.341 e. The summed E-state index contributed by atoms with van der Waals surface area (Å²) < 4.78 is 10.7. The zero-order chi connectivity index (χ0) is 20.7. The highest BCUT2D eigenvalue weighted by molar-refractivity contribution is 8.01. The Morgan fingerprint density at radius 2 is 1.89 bits per heavy atom. The van der Waals surface area contributed by atoms with Crippen LogP contribution in [0.4, 0.5) is 5.00 Å². The number of carbonyl (C=O) groups excluding carboxylic acids is 3. The maximum absolute atomic E-state index is 12.3. The highest BCUT2D eigenvalue weighted by Gasteiger charge is 2.22. The van der Waals surface area contributed by atoms with Crippen LogP contribution < -0.4 is 5.32 Å². The van der Waals surface area contributed by atoms with Crippen molar-refractivity contribution in [3.63, 3.8) is 0 Å². The number of thiazole rings is 1. The van der Waals surface area contributed by atoms with Crippen molar-refractivity contribution in [3.05, 3.63) is 27.1 Å². The molecule has 0 radical (unpaired) electrons. The monoisotopic (exact) mass is 442 g/mol. The zero-order valence-electron chi connectivity index (χ0n) is 16.1. The Labute approximate surface area is 175 Å². The summed E-state index contributed by atoms with van der Waals surface area (Å²) in [5.74, 6) is -0.850. The van der Waals surface area contributed by atoms with Crippen LogP contribution >= 0.6 is 34.4 Å². The molecule has 1 amide bonds. The molecule has 0 spiro atoms. The standard InChI is InChI=1S/C18H22N2O5S3/c1-5-24-14(22)7-12-8-26-18(19-12)27-9-13(21)20-16-15(17(23)25-6-2)10(3)11(4)28-16/h8H,5-7,9H2,1-4H3,(H,20,21). The predicted octanol–water partition coefficient (Wildman–Crippen LogP) is 3.83. The average molecular weight is 443 g/mol. The van der Waals surface area contributed by atoms with Crippen LogP contribution in [0.15, 0.2) is 9.72 Å². The van der Waals surface area contributed by atoms with Crippen molar-refractivity contribution in [3.8, 4) is 0 Å². The lowest BCUT2D eigenvalue weighted by Crippen LogP contribution is -2.16. The highest BCUT2D eigenvalue weighted by Crippen LogP contribution is 2.33. The summed E-state index contributed by atoms with van der Waals surface area (Å²) >= 11 is 4.00. The van der Waals surface area contributed by atoms with Gasteiger partial charge in [0.1, 0.15) is 5.00 Å². The molecule has 2 heterocycles. The highest BCUT2D eigenvalue weighted by atomic mass is 32.2. The lowest BCUT2D eigenvalue weighted by molar-refractivity contribution is -0.142. The Bertz CT molecular complexity index is 860. The molecule has 0 unspecified atom stereocenters. The minimum Gasteiger partial charge on any atom is -0.466 e. The zero-order valence-corrected chi connectivity index (χ0v) is 18.6. The van der Waals surface area contributed by atoms with Gasteiger partial charge in [0, 0.05) is 10.3 Å². The van der Waals surface area contributed by atoms with E-state index in [9.17, 15) is 14.4 Å². The van der Waals surface area contributed by atoms with Crippen molar-refractivity contribution < 1.29 is 23.9 Å². The molecular formula is C18H22N2O5S3. The van der Waals surface area contributed by atoms with Gasteiger partial charge in [-0.05, 0) is 33.3 Å². The van der Waals surface area contributed by atoms with Gasteiger partial charge in [-0.2, -0.15) is 0 Å². The van der Waals surface area contributed by atoms with Gasteiger partial charge in [-0.25, -0.2) is 9.78 Å². The van der Waals surface area contributed by atoms with E-state index in [4.69, 9.17) is 9.47 Å². The Morgan fingerprint density at radius 1 is 1.18 bits per heavy atom. The first kappa shape index (κ1) is 22.4. The van der Waals surface area contributed by atoms with Crippen molar-refractivity contribution in [2.75, 3.05) is 24.3 Å². The van der Waals surface area contributed by atoms with Crippen molar-refractivity contribution in [2.45, 2.75) is 38.5 Å². The van der Waals surface area contributed by atoms with Crippen LogP contribution in [0.1, 0.15) is 40.3 Å². The van der Waals surface area contributed by atoms with E-state index in [1.54, 1.807) is 19.2 Å². The molecule has 0 atom stereocenters. The topological polar surface area (TPSA) is 94.6 Å². The maximum atomic E-state index is 12.3. The quantitative estimate of drug-likeness (QED) is 0.466. The molecule has 7 nitrogen and oxygen atoms in total. The fourth-order valence-corrected chi connectivity index (χ4v) is 4.96. The van der Waals surface area contributed by atoms with E-state index in [0.717, 1.165) is 10.4 Å². The van der Waals surface area contributed by atoms with Gasteiger partial charge in [0.2, 0.25) is 5.91 Å².